The average molecular weight is 386 g/mol. The molecule has 1 atom stereocenters. The Bertz CT molecular complexity index is 728. The fourth-order valence-electron chi connectivity index (χ4n) is 3.64. The molecule has 4 N–H and O–H groups in total. The Balaban J connectivity index is 1.35. The smallest absolute Gasteiger partial charge is 0.221 e. The molecule has 1 heterocycles. The molecule has 0 bridgehead atoms. The van der Waals surface area contributed by atoms with Crippen LogP contribution in [0.5, 0.6) is 5.75 Å². The molecule has 3 rings (SSSR count). The van der Waals surface area contributed by atoms with Gasteiger partial charge in [-0.05, 0) is 24.3 Å². The van der Waals surface area contributed by atoms with E-state index in [1.807, 2.05) is 0 Å². The summed E-state index contributed by atoms with van der Waals surface area (Å²) in [7, 11) is 0. The van der Waals surface area contributed by atoms with Gasteiger partial charge in [-0.1, -0.05) is 30.3 Å². The van der Waals surface area contributed by atoms with E-state index in [9.17, 15) is 9.90 Å². The van der Waals surface area contributed by atoms with Crippen LogP contribution in [0.15, 0.2) is 54.6 Å². The van der Waals surface area contributed by atoms with Gasteiger partial charge in [0, 0.05) is 18.2 Å². The molecule has 0 aliphatic carbocycles. The normalized spacial score (nSPS) is 20.4. The summed E-state index contributed by atoms with van der Waals surface area (Å²) in [6, 6.07) is 17.8. The third-order valence-corrected chi connectivity index (χ3v) is 5.10. The number of amides is 1. The van der Waals surface area contributed by atoms with Gasteiger partial charge in [0.25, 0.3) is 0 Å². The second-order valence-corrected chi connectivity index (χ2v) is 7.54. The maximum absolute atomic E-state index is 11.0. The monoisotopic (exact) mass is 385 g/mol. The van der Waals surface area contributed by atoms with Crippen molar-refractivity contribution in [1.82, 2.24) is 0 Å². The minimum absolute atomic E-state index is 0.0993. The van der Waals surface area contributed by atoms with Crippen LogP contribution < -0.4 is 19.9 Å². The Hall–Kier alpha value is -2.41. The first-order valence-electron chi connectivity index (χ1n) is 9.98. The van der Waals surface area contributed by atoms with Gasteiger partial charge in [-0.3, -0.25) is 4.79 Å². The number of anilines is 1. The van der Waals surface area contributed by atoms with Crippen LogP contribution in [0.3, 0.4) is 0 Å². The van der Waals surface area contributed by atoms with Crippen molar-refractivity contribution in [2.75, 3.05) is 44.6 Å². The first kappa shape index (κ1) is 20.3. The number of quaternary nitrogens is 2. The molecule has 150 valence electrons. The second kappa shape index (κ2) is 10.2. The maximum atomic E-state index is 11.0. The second-order valence-electron chi connectivity index (χ2n) is 7.54. The highest BCUT2D eigenvalue weighted by molar-refractivity contribution is 5.88. The number of benzene rings is 2. The number of carbonyl (C=O) groups is 1. The molecule has 0 unspecified atom stereocenters. The highest BCUT2D eigenvalue weighted by Crippen LogP contribution is 2.15. The number of nitrogens with one attached hydrogen (secondary N) is 3. The molecule has 0 saturated carbocycles. The van der Waals surface area contributed by atoms with Crippen molar-refractivity contribution in [2.24, 2.45) is 0 Å². The lowest BCUT2D eigenvalue weighted by atomic mass is 10.2. The highest BCUT2D eigenvalue weighted by Gasteiger charge is 2.25. The fraction of sp³-hybridized carbons (Fsp3) is 0.409. The van der Waals surface area contributed by atoms with Gasteiger partial charge in [0.2, 0.25) is 5.91 Å². The molecule has 1 fully saturated rings. The first-order valence-corrected chi connectivity index (χ1v) is 9.98. The van der Waals surface area contributed by atoms with Gasteiger partial charge in [0.15, 0.2) is 0 Å². The number of aliphatic hydroxyl groups excluding tert-OH is 1. The predicted molar refractivity (Wildman–Crippen MR) is 109 cm³/mol. The number of hydrogen-bond donors (Lipinski definition) is 4. The van der Waals surface area contributed by atoms with Crippen LogP contribution >= 0.6 is 0 Å². The van der Waals surface area contributed by atoms with Gasteiger partial charge in [0.1, 0.15) is 57.7 Å². The van der Waals surface area contributed by atoms with Crippen molar-refractivity contribution in [3.05, 3.63) is 60.2 Å². The first-order chi connectivity index (χ1) is 13.6. The minimum atomic E-state index is -0.485. The molecule has 0 spiro atoms. The van der Waals surface area contributed by atoms with Gasteiger partial charge < -0.3 is 25.0 Å². The van der Waals surface area contributed by atoms with Crippen LogP contribution in [-0.2, 0) is 11.3 Å². The van der Waals surface area contributed by atoms with Crippen LogP contribution in [0.2, 0.25) is 0 Å². The van der Waals surface area contributed by atoms with Gasteiger partial charge in [0.05, 0.1) is 0 Å². The van der Waals surface area contributed by atoms with E-state index in [2.05, 4.69) is 35.6 Å². The molecular weight excluding hydrogens is 354 g/mol. The Morgan fingerprint density at radius 3 is 2.32 bits per heavy atom. The molecule has 6 nitrogen and oxygen atoms in total. The van der Waals surface area contributed by atoms with E-state index >= 15 is 0 Å². The summed E-state index contributed by atoms with van der Waals surface area (Å²) in [5, 5.41) is 13.0. The summed E-state index contributed by atoms with van der Waals surface area (Å²) in [6.07, 6.45) is -0.485. The molecule has 1 amide bonds. The third kappa shape index (κ3) is 6.64. The summed E-state index contributed by atoms with van der Waals surface area (Å²) in [6.45, 7) is 7.95. The van der Waals surface area contributed by atoms with E-state index in [-0.39, 0.29) is 12.5 Å². The van der Waals surface area contributed by atoms with Crippen molar-refractivity contribution in [2.45, 2.75) is 19.6 Å². The molecule has 1 aliphatic rings. The molecule has 2 aromatic carbocycles. The summed E-state index contributed by atoms with van der Waals surface area (Å²) >= 11 is 0. The van der Waals surface area contributed by atoms with Crippen LogP contribution in [0.1, 0.15) is 12.5 Å². The minimum Gasteiger partial charge on any atom is -0.491 e. The van der Waals surface area contributed by atoms with Gasteiger partial charge in [-0.15, -0.1) is 0 Å². The quantitative estimate of drug-likeness (QED) is 0.489. The molecule has 1 saturated heterocycles. The van der Waals surface area contributed by atoms with E-state index < -0.39 is 6.10 Å². The topological polar surface area (TPSA) is 67.4 Å². The van der Waals surface area contributed by atoms with Gasteiger partial charge >= 0.3 is 0 Å². The van der Waals surface area contributed by atoms with Crippen molar-refractivity contribution >= 4 is 11.6 Å². The lowest BCUT2D eigenvalue weighted by Gasteiger charge is -2.30. The van der Waals surface area contributed by atoms with E-state index in [1.54, 1.807) is 29.2 Å². The number of aliphatic hydroxyl groups is 1. The lowest BCUT2D eigenvalue weighted by molar-refractivity contribution is -1.02. The van der Waals surface area contributed by atoms with E-state index in [0.717, 1.165) is 38.4 Å². The summed E-state index contributed by atoms with van der Waals surface area (Å²) in [5.74, 6) is 0.595. The average Bonchev–Trinajstić information content (AvgIpc) is 2.69. The fourth-order valence-corrected chi connectivity index (χ4v) is 3.64. The summed E-state index contributed by atoms with van der Waals surface area (Å²) in [5.41, 5.74) is 2.12. The Labute approximate surface area is 166 Å². The summed E-state index contributed by atoms with van der Waals surface area (Å²) in [4.78, 5) is 14.1. The number of hydrogen-bond acceptors (Lipinski definition) is 3. The van der Waals surface area contributed by atoms with Crippen molar-refractivity contribution in [3.63, 3.8) is 0 Å². The Kier molecular flexibility index (Phi) is 7.42. The molecule has 6 heteroatoms. The number of rotatable bonds is 8. The lowest BCUT2D eigenvalue weighted by Crippen LogP contribution is -3.28. The van der Waals surface area contributed by atoms with Crippen LogP contribution in [0, 0.1) is 0 Å². The maximum Gasteiger partial charge on any atom is 0.221 e. The van der Waals surface area contributed by atoms with E-state index in [0.29, 0.717) is 12.3 Å². The van der Waals surface area contributed by atoms with Gasteiger partial charge in [-0.2, -0.15) is 0 Å². The summed E-state index contributed by atoms with van der Waals surface area (Å²) < 4.78 is 5.69. The number of carbonyl (C=O) groups excluding carboxylic acids is 1. The predicted octanol–water partition coefficient (Wildman–Crippen LogP) is -0.632. The molecule has 2 aromatic rings. The van der Waals surface area contributed by atoms with Crippen LogP contribution in [0.4, 0.5) is 5.69 Å². The molecule has 1 aliphatic heterocycles. The standard InChI is InChI=1S/C22H29N3O3/c1-18(26)23-20-7-9-22(10-8-20)28-17-21(27)16-25-13-11-24(12-14-25)15-19-5-3-2-4-6-19/h2-10,21,27H,11-17H2,1H3,(H,23,26)/p+2/t21-/m0/s1. The SMILES string of the molecule is CC(=O)Nc1ccc(OC[C@@H](O)C[NH+]2CC[NH+](Cc3ccccc3)CC2)cc1. The zero-order chi connectivity index (χ0) is 19.8. The van der Waals surface area contributed by atoms with Crippen molar-refractivity contribution in [3.8, 4) is 5.75 Å². The highest BCUT2D eigenvalue weighted by atomic mass is 16.5. The van der Waals surface area contributed by atoms with Crippen molar-refractivity contribution < 1.29 is 24.4 Å². The zero-order valence-electron chi connectivity index (χ0n) is 16.5. The number of ether oxygens (including phenoxy) is 1. The molecule has 0 aromatic heterocycles. The molecular formula is C22H31N3O3+2. The Morgan fingerprint density at radius 1 is 1.04 bits per heavy atom. The molecule has 0 radical (unpaired) electrons. The van der Waals surface area contributed by atoms with E-state index in [1.165, 1.54) is 17.4 Å². The van der Waals surface area contributed by atoms with Crippen molar-refractivity contribution in [1.29, 1.82) is 0 Å². The largest absolute Gasteiger partial charge is 0.491 e. The zero-order valence-corrected chi connectivity index (χ0v) is 16.5. The number of piperazine rings is 1. The van der Waals surface area contributed by atoms with Crippen LogP contribution in [-0.4, -0.2) is 56.4 Å². The Morgan fingerprint density at radius 2 is 1.68 bits per heavy atom. The third-order valence-electron chi connectivity index (χ3n) is 5.10. The van der Waals surface area contributed by atoms with Gasteiger partial charge in [-0.25, -0.2) is 0 Å². The van der Waals surface area contributed by atoms with E-state index in [4.69, 9.17) is 4.74 Å². The van der Waals surface area contributed by atoms with Crippen LogP contribution in [0.25, 0.3) is 0 Å². The molecule has 28 heavy (non-hydrogen) atoms.